The highest BCUT2D eigenvalue weighted by molar-refractivity contribution is 6.30. The van der Waals surface area contributed by atoms with Crippen LogP contribution in [0.3, 0.4) is 0 Å². The lowest BCUT2D eigenvalue weighted by atomic mass is 10.0. The van der Waals surface area contributed by atoms with E-state index in [0.717, 1.165) is 34.7 Å². The van der Waals surface area contributed by atoms with Crippen LogP contribution in [0.15, 0.2) is 36.4 Å². The second kappa shape index (κ2) is 8.11. The van der Waals surface area contributed by atoms with Gasteiger partial charge in [-0.3, -0.25) is 4.79 Å². The van der Waals surface area contributed by atoms with Gasteiger partial charge in [0, 0.05) is 11.6 Å². The van der Waals surface area contributed by atoms with Crippen molar-refractivity contribution in [2.24, 2.45) is 0 Å². The molecule has 3 rings (SSSR count). The van der Waals surface area contributed by atoms with Gasteiger partial charge in [0.1, 0.15) is 11.9 Å². The van der Waals surface area contributed by atoms with E-state index >= 15 is 0 Å². The minimum Gasteiger partial charge on any atom is -0.486 e. The number of hydrogen-bond acceptors (Lipinski definition) is 3. The molecule has 0 amide bonds. The lowest BCUT2D eigenvalue weighted by molar-refractivity contribution is -0.140. The van der Waals surface area contributed by atoms with Crippen LogP contribution in [0.2, 0.25) is 5.02 Å². The van der Waals surface area contributed by atoms with Crippen molar-refractivity contribution in [1.29, 1.82) is 0 Å². The van der Waals surface area contributed by atoms with Gasteiger partial charge in [-0.25, -0.2) is 0 Å². The van der Waals surface area contributed by atoms with Crippen molar-refractivity contribution in [2.75, 3.05) is 6.61 Å². The van der Waals surface area contributed by atoms with Crippen molar-refractivity contribution < 1.29 is 19.4 Å². The van der Waals surface area contributed by atoms with Gasteiger partial charge < -0.3 is 14.6 Å². The Balaban J connectivity index is 1.74. The average molecular weight is 375 g/mol. The largest absolute Gasteiger partial charge is 0.486 e. The third kappa shape index (κ3) is 4.19. The molecule has 0 spiro atoms. The van der Waals surface area contributed by atoms with Crippen molar-refractivity contribution in [3.8, 4) is 5.75 Å². The Morgan fingerprint density at radius 3 is 2.69 bits per heavy atom. The summed E-state index contributed by atoms with van der Waals surface area (Å²) in [5.74, 6) is -0.117. The highest BCUT2D eigenvalue weighted by Gasteiger charge is 2.26. The fourth-order valence-corrected chi connectivity index (χ4v) is 3.82. The summed E-state index contributed by atoms with van der Waals surface area (Å²) in [6.07, 6.45) is 1.42. The molecule has 2 aromatic rings. The zero-order valence-electron chi connectivity index (χ0n) is 15.0. The number of carboxylic acids is 1. The fourth-order valence-electron chi connectivity index (χ4n) is 3.54. The first kappa shape index (κ1) is 18.7. The monoisotopic (exact) mass is 374 g/mol. The first-order chi connectivity index (χ1) is 12.5. The van der Waals surface area contributed by atoms with E-state index in [-0.39, 0.29) is 12.5 Å². The number of fused-ring (bicyclic) bond motifs is 1. The molecule has 1 aliphatic rings. The summed E-state index contributed by atoms with van der Waals surface area (Å²) in [6.45, 7) is 4.41. The van der Waals surface area contributed by atoms with Crippen molar-refractivity contribution >= 4 is 17.6 Å². The van der Waals surface area contributed by atoms with Crippen LogP contribution in [-0.4, -0.2) is 17.7 Å². The van der Waals surface area contributed by atoms with Crippen molar-refractivity contribution in [3.63, 3.8) is 0 Å². The third-order valence-electron chi connectivity index (χ3n) is 4.73. The Kier molecular flexibility index (Phi) is 5.84. The Bertz CT molecular complexity index is 785. The number of carbonyl (C=O) groups is 1. The molecule has 5 heteroatoms. The molecule has 138 valence electrons. The van der Waals surface area contributed by atoms with Gasteiger partial charge in [0.05, 0.1) is 12.5 Å². The summed E-state index contributed by atoms with van der Waals surface area (Å²) >= 11 is 6.21. The Labute approximate surface area is 158 Å². The van der Waals surface area contributed by atoms with Crippen LogP contribution in [0.4, 0.5) is 0 Å². The van der Waals surface area contributed by atoms with E-state index in [1.807, 2.05) is 43.3 Å². The van der Waals surface area contributed by atoms with Gasteiger partial charge >= 0.3 is 5.97 Å². The molecule has 2 atom stereocenters. The van der Waals surface area contributed by atoms with Crippen LogP contribution >= 0.6 is 11.6 Å². The molecule has 0 saturated carbocycles. The van der Waals surface area contributed by atoms with Crippen LogP contribution in [-0.2, 0) is 16.0 Å². The number of ether oxygens (including phenoxy) is 2. The van der Waals surface area contributed by atoms with Crippen LogP contribution in [0.5, 0.6) is 5.75 Å². The molecular formula is C21H23ClO4. The van der Waals surface area contributed by atoms with Gasteiger partial charge in [-0.05, 0) is 73.2 Å². The minimum atomic E-state index is -0.876. The summed E-state index contributed by atoms with van der Waals surface area (Å²) < 4.78 is 11.7. The lowest BCUT2D eigenvalue weighted by Crippen LogP contribution is -2.10. The van der Waals surface area contributed by atoms with Crippen molar-refractivity contribution in [3.05, 3.63) is 63.7 Å². The highest BCUT2D eigenvalue weighted by atomic mass is 35.5. The van der Waals surface area contributed by atoms with Crippen molar-refractivity contribution in [1.82, 2.24) is 0 Å². The zero-order valence-corrected chi connectivity index (χ0v) is 15.8. The summed E-state index contributed by atoms with van der Waals surface area (Å²) in [4.78, 5) is 11.0. The molecule has 0 radical (unpaired) electrons. The SMILES string of the molecule is CCO[C@@H](CC(=O)O)c1ccc(O[C@@H]2CCc3c(C)cc(Cl)cc32)cc1. The van der Waals surface area contributed by atoms with E-state index in [2.05, 4.69) is 6.92 Å². The molecule has 0 aliphatic heterocycles. The van der Waals surface area contributed by atoms with Gasteiger partial charge in [0.25, 0.3) is 0 Å². The molecule has 0 aromatic heterocycles. The van der Waals surface area contributed by atoms with Gasteiger partial charge in [-0.2, -0.15) is 0 Å². The molecule has 1 N–H and O–H groups in total. The summed E-state index contributed by atoms with van der Waals surface area (Å²) in [6, 6.07) is 11.5. The summed E-state index contributed by atoms with van der Waals surface area (Å²) in [5, 5.41) is 9.77. The fraction of sp³-hybridized carbons (Fsp3) is 0.381. The predicted molar refractivity (Wildman–Crippen MR) is 101 cm³/mol. The van der Waals surface area contributed by atoms with Crippen LogP contribution in [0.25, 0.3) is 0 Å². The number of halogens is 1. The second-order valence-electron chi connectivity index (χ2n) is 6.55. The van der Waals surface area contributed by atoms with Crippen LogP contribution in [0.1, 0.15) is 54.2 Å². The number of hydrogen-bond donors (Lipinski definition) is 1. The average Bonchev–Trinajstić information content (AvgIpc) is 2.98. The Morgan fingerprint density at radius 1 is 1.31 bits per heavy atom. The van der Waals surface area contributed by atoms with E-state index < -0.39 is 12.1 Å². The molecular weight excluding hydrogens is 352 g/mol. The Morgan fingerprint density at radius 2 is 2.04 bits per heavy atom. The summed E-state index contributed by atoms with van der Waals surface area (Å²) in [7, 11) is 0. The zero-order chi connectivity index (χ0) is 18.7. The molecule has 2 aromatic carbocycles. The standard InChI is InChI=1S/C21H23ClO4/c1-3-25-20(12-21(23)24)14-4-6-16(7-5-14)26-19-9-8-17-13(2)10-15(22)11-18(17)19/h4-7,10-11,19-20H,3,8-9,12H2,1-2H3,(H,23,24)/t19-,20+/m1/s1. The van der Waals surface area contributed by atoms with Crippen molar-refractivity contribution in [2.45, 2.75) is 45.3 Å². The number of benzene rings is 2. The quantitative estimate of drug-likeness (QED) is 0.717. The molecule has 4 nitrogen and oxygen atoms in total. The lowest BCUT2D eigenvalue weighted by Gasteiger charge is -2.18. The molecule has 0 heterocycles. The maximum Gasteiger partial charge on any atom is 0.306 e. The number of carboxylic acid groups (broad SMARTS) is 1. The van der Waals surface area contributed by atoms with Gasteiger partial charge in [0.15, 0.2) is 0 Å². The van der Waals surface area contributed by atoms with E-state index in [4.69, 9.17) is 26.2 Å². The van der Waals surface area contributed by atoms with Gasteiger partial charge in [-0.1, -0.05) is 23.7 Å². The molecule has 0 fully saturated rings. The number of aryl methyl sites for hydroxylation is 1. The van der Waals surface area contributed by atoms with E-state index in [1.54, 1.807) is 0 Å². The maximum absolute atomic E-state index is 11.0. The first-order valence-electron chi connectivity index (χ1n) is 8.87. The van der Waals surface area contributed by atoms with Gasteiger partial charge in [-0.15, -0.1) is 0 Å². The molecule has 0 saturated heterocycles. The van der Waals surface area contributed by atoms with E-state index in [0.29, 0.717) is 6.61 Å². The normalized spacial score (nSPS) is 17.0. The third-order valence-corrected chi connectivity index (χ3v) is 4.95. The Hall–Kier alpha value is -2.04. The van der Waals surface area contributed by atoms with Gasteiger partial charge in [0.2, 0.25) is 0 Å². The molecule has 26 heavy (non-hydrogen) atoms. The van der Waals surface area contributed by atoms with Crippen LogP contribution < -0.4 is 4.74 Å². The molecule has 0 bridgehead atoms. The minimum absolute atomic E-state index is 0.00467. The first-order valence-corrected chi connectivity index (χ1v) is 9.24. The summed E-state index contributed by atoms with van der Waals surface area (Å²) in [5.41, 5.74) is 4.54. The smallest absolute Gasteiger partial charge is 0.306 e. The molecule has 0 unspecified atom stereocenters. The predicted octanol–water partition coefficient (Wildman–Crippen LogP) is 5.27. The van der Waals surface area contributed by atoms with E-state index in [1.165, 1.54) is 11.1 Å². The topological polar surface area (TPSA) is 55.8 Å². The second-order valence-corrected chi connectivity index (χ2v) is 6.98. The van der Waals surface area contributed by atoms with E-state index in [9.17, 15) is 4.79 Å². The number of rotatable bonds is 7. The van der Waals surface area contributed by atoms with Crippen LogP contribution in [0, 0.1) is 6.92 Å². The highest BCUT2D eigenvalue weighted by Crippen LogP contribution is 2.38. The maximum atomic E-state index is 11.0. The number of aliphatic carboxylic acids is 1. The molecule has 1 aliphatic carbocycles.